The lowest BCUT2D eigenvalue weighted by molar-refractivity contribution is 0.0697. The third kappa shape index (κ3) is 1.65. The van der Waals surface area contributed by atoms with Crippen LogP contribution in [-0.2, 0) is 7.05 Å². The summed E-state index contributed by atoms with van der Waals surface area (Å²) in [6.45, 7) is 0. The van der Waals surface area contributed by atoms with E-state index in [2.05, 4.69) is 10.1 Å². The van der Waals surface area contributed by atoms with Gasteiger partial charge in [0.15, 0.2) is 0 Å². The summed E-state index contributed by atoms with van der Waals surface area (Å²) in [7, 11) is 1.60. The van der Waals surface area contributed by atoms with Crippen molar-refractivity contribution in [2.75, 3.05) is 0 Å². The first-order valence-corrected chi connectivity index (χ1v) is 4.47. The fraction of sp³-hybridized carbons (Fsp3) is 0.100. The lowest BCUT2D eigenvalue weighted by atomic mass is 10.2. The second-order valence-corrected chi connectivity index (χ2v) is 3.20. The molecule has 0 atom stereocenters. The molecule has 0 aromatic carbocycles. The highest BCUT2D eigenvalue weighted by molar-refractivity contribution is 5.94. The van der Waals surface area contributed by atoms with Gasteiger partial charge in [0, 0.05) is 7.05 Å². The van der Waals surface area contributed by atoms with Crippen LogP contribution in [0.3, 0.4) is 0 Å². The number of aromatic nitrogens is 3. The fourth-order valence-electron chi connectivity index (χ4n) is 1.41. The molecule has 82 valence electrons. The van der Waals surface area contributed by atoms with Crippen LogP contribution in [0.25, 0.3) is 11.4 Å². The molecule has 0 saturated carbocycles. The van der Waals surface area contributed by atoms with E-state index in [0.717, 1.165) is 6.20 Å². The van der Waals surface area contributed by atoms with Gasteiger partial charge in [-0.05, 0) is 12.1 Å². The van der Waals surface area contributed by atoms with E-state index in [9.17, 15) is 9.18 Å². The predicted molar refractivity (Wildman–Crippen MR) is 53.4 cm³/mol. The van der Waals surface area contributed by atoms with Crippen molar-refractivity contribution in [3.05, 3.63) is 35.9 Å². The Morgan fingerprint density at radius 2 is 2.19 bits per heavy atom. The van der Waals surface area contributed by atoms with Crippen molar-refractivity contribution in [2.24, 2.45) is 7.05 Å². The number of rotatable bonds is 2. The Hall–Kier alpha value is -2.24. The van der Waals surface area contributed by atoms with Gasteiger partial charge in [-0.3, -0.25) is 9.67 Å². The lowest BCUT2D eigenvalue weighted by Crippen LogP contribution is -2.01. The lowest BCUT2D eigenvalue weighted by Gasteiger charge is -2.02. The van der Waals surface area contributed by atoms with Crippen molar-refractivity contribution >= 4 is 5.97 Å². The minimum Gasteiger partial charge on any atom is -0.478 e. The Labute approximate surface area is 90.2 Å². The van der Waals surface area contributed by atoms with Crippen molar-refractivity contribution in [1.82, 2.24) is 14.8 Å². The number of hydrogen-bond acceptors (Lipinski definition) is 3. The largest absolute Gasteiger partial charge is 0.478 e. The van der Waals surface area contributed by atoms with Crippen LogP contribution in [0.2, 0.25) is 0 Å². The second-order valence-electron chi connectivity index (χ2n) is 3.20. The molecule has 0 aliphatic carbocycles. The molecule has 1 N–H and O–H groups in total. The van der Waals surface area contributed by atoms with E-state index >= 15 is 0 Å². The standard InChI is InChI=1S/C10H8FN3O2/c1-14-9(7(5-13-14)10(15)16)8-3-2-6(11)4-12-8/h2-5H,1H3,(H,15,16). The molecule has 0 amide bonds. The monoisotopic (exact) mass is 221 g/mol. The third-order valence-corrected chi connectivity index (χ3v) is 2.14. The first-order chi connectivity index (χ1) is 7.59. The number of aryl methyl sites for hydroxylation is 1. The zero-order chi connectivity index (χ0) is 11.7. The maximum Gasteiger partial charge on any atom is 0.339 e. The number of pyridine rings is 1. The Bertz CT molecular complexity index is 533. The molecule has 0 spiro atoms. The van der Waals surface area contributed by atoms with Gasteiger partial charge in [0.25, 0.3) is 0 Å². The maximum absolute atomic E-state index is 12.7. The molecular formula is C10H8FN3O2. The number of carboxylic acid groups (broad SMARTS) is 1. The van der Waals surface area contributed by atoms with E-state index in [4.69, 9.17) is 5.11 Å². The number of carboxylic acids is 1. The highest BCUT2D eigenvalue weighted by Crippen LogP contribution is 2.20. The Balaban J connectivity index is 2.58. The van der Waals surface area contributed by atoms with Gasteiger partial charge in [0.05, 0.1) is 18.1 Å². The third-order valence-electron chi connectivity index (χ3n) is 2.14. The molecule has 5 nitrogen and oxygen atoms in total. The quantitative estimate of drug-likeness (QED) is 0.830. The highest BCUT2D eigenvalue weighted by Gasteiger charge is 2.17. The highest BCUT2D eigenvalue weighted by atomic mass is 19.1. The summed E-state index contributed by atoms with van der Waals surface area (Å²) in [5.41, 5.74) is 0.771. The average molecular weight is 221 g/mol. The smallest absolute Gasteiger partial charge is 0.339 e. The van der Waals surface area contributed by atoms with Crippen LogP contribution in [0.4, 0.5) is 4.39 Å². The molecule has 6 heteroatoms. The van der Waals surface area contributed by atoms with Gasteiger partial charge < -0.3 is 5.11 Å². The molecule has 0 aliphatic heterocycles. The van der Waals surface area contributed by atoms with Gasteiger partial charge in [-0.25, -0.2) is 9.18 Å². The Morgan fingerprint density at radius 1 is 1.44 bits per heavy atom. The second kappa shape index (κ2) is 3.73. The van der Waals surface area contributed by atoms with Gasteiger partial charge in [-0.1, -0.05) is 0 Å². The Morgan fingerprint density at radius 3 is 2.75 bits per heavy atom. The molecule has 2 aromatic heterocycles. The van der Waals surface area contributed by atoms with E-state index in [1.807, 2.05) is 0 Å². The SMILES string of the molecule is Cn1ncc(C(=O)O)c1-c1ccc(F)cn1. The van der Waals surface area contributed by atoms with Gasteiger partial charge in [0.2, 0.25) is 0 Å². The molecule has 0 fully saturated rings. The molecule has 0 aliphatic rings. The van der Waals surface area contributed by atoms with E-state index in [1.54, 1.807) is 7.05 Å². The summed E-state index contributed by atoms with van der Waals surface area (Å²) in [5, 5.41) is 12.8. The van der Waals surface area contributed by atoms with Crippen LogP contribution in [-0.4, -0.2) is 25.8 Å². The zero-order valence-corrected chi connectivity index (χ0v) is 8.38. The number of aromatic carboxylic acids is 1. The molecule has 2 heterocycles. The normalized spacial score (nSPS) is 10.4. The number of hydrogen-bond donors (Lipinski definition) is 1. The van der Waals surface area contributed by atoms with E-state index in [1.165, 1.54) is 23.0 Å². The number of halogens is 1. The van der Waals surface area contributed by atoms with E-state index in [-0.39, 0.29) is 5.56 Å². The summed E-state index contributed by atoms with van der Waals surface area (Å²) in [4.78, 5) is 14.7. The fourth-order valence-corrected chi connectivity index (χ4v) is 1.41. The Kier molecular flexibility index (Phi) is 2.40. The molecular weight excluding hydrogens is 213 g/mol. The topological polar surface area (TPSA) is 68.0 Å². The molecule has 16 heavy (non-hydrogen) atoms. The maximum atomic E-state index is 12.7. The van der Waals surface area contributed by atoms with Crippen LogP contribution in [0.1, 0.15) is 10.4 Å². The molecule has 0 unspecified atom stereocenters. The van der Waals surface area contributed by atoms with Crippen molar-refractivity contribution in [1.29, 1.82) is 0 Å². The average Bonchev–Trinajstić information content (AvgIpc) is 2.62. The molecule has 0 bridgehead atoms. The molecule has 2 rings (SSSR count). The van der Waals surface area contributed by atoms with Crippen molar-refractivity contribution in [3.63, 3.8) is 0 Å². The molecule has 2 aromatic rings. The van der Waals surface area contributed by atoms with Crippen molar-refractivity contribution in [3.8, 4) is 11.4 Å². The minimum atomic E-state index is -1.09. The zero-order valence-electron chi connectivity index (χ0n) is 8.38. The molecule has 0 radical (unpaired) electrons. The number of nitrogens with zero attached hydrogens (tertiary/aromatic N) is 3. The van der Waals surface area contributed by atoms with E-state index in [0.29, 0.717) is 11.4 Å². The van der Waals surface area contributed by atoms with Crippen molar-refractivity contribution in [2.45, 2.75) is 0 Å². The predicted octanol–water partition coefficient (Wildman–Crippen LogP) is 1.32. The van der Waals surface area contributed by atoms with Crippen molar-refractivity contribution < 1.29 is 14.3 Å². The summed E-state index contributed by atoms with van der Waals surface area (Å²) in [5.74, 6) is -1.56. The number of carbonyl (C=O) groups is 1. The van der Waals surface area contributed by atoms with Gasteiger partial charge in [0.1, 0.15) is 17.1 Å². The molecule has 0 saturated heterocycles. The van der Waals surface area contributed by atoms with Crippen LogP contribution in [0, 0.1) is 5.82 Å². The first kappa shape index (κ1) is 10.3. The summed E-state index contributed by atoms with van der Waals surface area (Å²) in [6, 6.07) is 2.64. The van der Waals surface area contributed by atoms with Gasteiger partial charge in [-0.15, -0.1) is 0 Å². The minimum absolute atomic E-state index is 0.0432. The summed E-state index contributed by atoms with van der Waals surface area (Å²) in [6.07, 6.45) is 2.27. The first-order valence-electron chi connectivity index (χ1n) is 4.47. The summed E-state index contributed by atoms with van der Waals surface area (Å²) >= 11 is 0. The van der Waals surface area contributed by atoms with Crippen LogP contribution in [0.15, 0.2) is 24.5 Å². The van der Waals surface area contributed by atoms with E-state index < -0.39 is 11.8 Å². The van der Waals surface area contributed by atoms with Crippen LogP contribution in [0.5, 0.6) is 0 Å². The summed E-state index contributed by atoms with van der Waals surface area (Å²) < 4.78 is 14.1. The van der Waals surface area contributed by atoms with Crippen LogP contribution >= 0.6 is 0 Å². The van der Waals surface area contributed by atoms with Gasteiger partial charge in [-0.2, -0.15) is 5.10 Å². The van der Waals surface area contributed by atoms with Crippen LogP contribution < -0.4 is 0 Å². The van der Waals surface area contributed by atoms with Gasteiger partial charge >= 0.3 is 5.97 Å².